The Bertz CT molecular complexity index is 1120. The highest BCUT2D eigenvalue weighted by molar-refractivity contribution is 7.89. The van der Waals surface area contributed by atoms with Crippen LogP contribution in [-0.4, -0.2) is 47.4 Å². The van der Waals surface area contributed by atoms with Crippen LogP contribution in [0, 0.1) is 6.92 Å². The third kappa shape index (κ3) is 5.59. The lowest BCUT2D eigenvalue weighted by Crippen LogP contribution is -2.45. The number of ether oxygens (including phenoxy) is 1. The van der Waals surface area contributed by atoms with E-state index in [1.54, 1.807) is 24.3 Å². The molecule has 3 rings (SSSR count). The van der Waals surface area contributed by atoms with Gasteiger partial charge in [-0.3, -0.25) is 0 Å². The second kappa shape index (κ2) is 9.87. The maximum absolute atomic E-state index is 13.1. The van der Waals surface area contributed by atoms with Gasteiger partial charge in [-0.2, -0.15) is 4.31 Å². The molecular weight excluding hydrogens is 460 g/mol. The quantitative estimate of drug-likeness (QED) is 0.615. The molecule has 31 heavy (non-hydrogen) atoms. The number of benzene rings is 2. The summed E-state index contributed by atoms with van der Waals surface area (Å²) < 4.78 is 60.6. The van der Waals surface area contributed by atoms with Gasteiger partial charge in [-0.1, -0.05) is 35.7 Å². The first-order chi connectivity index (χ1) is 14.6. The number of halogens is 1. The lowest BCUT2D eigenvalue weighted by atomic mass is 10.0. The molecule has 1 N–H and O–H groups in total. The Morgan fingerprint density at radius 3 is 2.39 bits per heavy atom. The molecule has 2 aromatic rings. The molecule has 0 aromatic heterocycles. The summed E-state index contributed by atoms with van der Waals surface area (Å²) in [5, 5.41) is 0.202. The lowest BCUT2D eigenvalue weighted by molar-refractivity contribution is 0.242. The zero-order valence-corrected chi connectivity index (χ0v) is 19.9. The third-order valence-corrected chi connectivity index (χ3v) is 9.12. The molecule has 10 heteroatoms. The van der Waals surface area contributed by atoms with E-state index in [2.05, 4.69) is 4.72 Å². The van der Waals surface area contributed by atoms with Gasteiger partial charge in [0.15, 0.2) is 0 Å². The molecule has 0 bridgehead atoms. The molecule has 0 amide bonds. The average molecular weight is 487 g/mol. The number of rotatable bonds is 8. The van der Waals surface area contributed by atoms with E-state index in [0.29, 0.717) is 25.1 Å². The molecule has 1 saturated heterocycles. The van der Waals surface area contributed by atoms with Crippen molar-refractivity contribution in [2.75, 3.05) is 20.2 Å². The predicted molar refractivity (Wildman–Crippen MR) is 121 cm³/mol. The van der Waals surface area contributed by atoms with E-state index in [9.17, 15) is 16.8 Å². The number of nitrogens with zero attached hydrogens (tertiary/aromatic N) is 1. The van der Waals surface area contributed by atoms with Gasteiger partial charge >= 0.3 is 0 Å². The van der Waals surface area contributed by atoms with Gasteiger partial charge in [0.05, 0.1) is 21.9 Å². The first kappa shape index (κ1) is 24.0. The number of sulfonamides is 2. The molecule has 1 heterocycles. The molecule has 1 aliphatic heterocycles. The first-order valence-electron chi connectivity index (χ1n) is 10.1. The molecule has 0 radical (unpaired) electrons. The van der Waals surface area contributed by atoms with E-state index < -0.39 is 20.0 Å². The van der Waals surface area contributed by atoms with Crippen molar-refractivity contribution >= 4 is 31.6 Å². The molecule has 0 aliphatic carbocycles. The molecular formula is C21H27ClN2O5S2. The fourth-order valence-corrected chi connectivity index (χ4v) is 6.80. The van der Waals surface area contributed by atoms with E-state index >= 15 is 0 Å². The smallest absolute Gasteiger partial charge is 0.243 e. The largest absolute Gasteiger partial charge is 0.495 e. The summed E-state index contributed by atoms with van der Waals surface area (Å²) in [6.07, 6.45) is 2.78. The summed E-state index contributed by atoms with van der Waals surface area (Å²) in [6, 6.07) is 10.8. The van der Waals surface area contributed by atoms with Crippen LogP contribution in [0.3, 0.4) is 0 Å². The summed E-state index contributed by atoms with van der Waals surface area (Å²) in [5.41, 5.74) is 0.988. The van der Waals surface area contributed by atoms with Gasteiger partial charge in [0, 0.05) is 19.1 Å². The zero-order chi connectivity index (χ0) is 22.6. The Hall–Kier alpha value is -1.65. The minimum Gasteiger partial charge on any atom is -0.495 e. The summed E-state index contributed by atoms with van der Waals surface area (Å²) in [6.45, 7) is 2.46. The minimum atomic E-state index is -3.78. The van der Waals surface area contributed by atoms with Gasteiger partial charge in [0.25, 0.3) is 0 Å². The molecule has 0 spiro atoms. The van der Waals surface area contributed by atoms with Crippen molar-refractivity contribution in [1.29, 1.82) is 0 Å². The maximum Gasteiger partial charge on any atom is 0.243 e. The number of aryl methyl sites for hydroxylation is 1. The normalized spacial score (nSPS) is 18.1. The molecule has 1 atom stereocenters. The minimum absolute atomic E-state index is 0.0334. The second-order valence-electron chi connectivity index (χ2n) is 7.56. The highest BCUT2D eigenvalue weighted by Crippen LogP contribution is 2.28. The predicted octanol–water partition coefficient (Wildman–Crippen LogP) is 3.57. The van der Waals surface area contributed by atoms with Crippen molar-refractivity contribution in [2.24, 2.45) is 0 Å². The molecule has 1 fully saturated rings. The van der Waals surface area contributed by atoms with Gasteiger partial charge in [-0.05, 0) is 56.5 Å². The molecule has 170 valence electrons. The Labute approximate surface area is 189 Å². The van der Waals surface area contributed by atoms with Crippen molar-refractivity contribution < 1.29 is 21.6 Å². The van der Waals surface area contributed by atoms with Crippen molar-refractivity contribution in [3.8, 4) is 5.75 Å². The van der Waals surface area contributed by atoms with E-state index in [1.807, 2.05) is 6.92 Å². The maximum atomic E-state index is 13.1. The van der Waals surface area contributed by atoms with E-state index in [4.69, 9.17) is 16.3 Å². The Morgan fingerprint density at radius 2 is 1.74 bits per heavy atom. The molecule has 2 aromatic carbocycles. The zero-order valence-electron chi connectivity index (χ0n) is 17.5. The van der Waals surface area contributed by atoms with Gasteiger partial charge in [-0.25, -0.2) is 21.6 Å². The van der Waals surface area contributed by atoms with Gasteiger partial charge in [0.2, 0.25) is 20.0 Å². The lowest BCUT2D eigenvalue weighted by Gasteiger charge is -2.34. The van der Waals surface area contributed by atoms with Crippen molar-refractivity contribution in [2.45, 2.75) is 48.4 Å². The fraction of sp³-hybridized carbons (Fsp3) is 0.429. The van der Waals surface area contributed by atoms with Crippen LogP contribution in [0.25, 0.3) is 0 Å². The van der Waals surface area contributed by atoms with Crippen LogP contribution in [0.1, 0.15) is 31.2 Å². The van der Waals surface area contributed by atoms with E-state index in [-0.39, 0.29) is 27.4 Å². The van der Waals surface area contributed by atoms with Gasteiger partial charge < -0.3 is 4.74 Å². The molecule has 1 aliphatic rings. The monoisotopic (exact) mass is 486 g/mol. The number of piperidine rings is 1. The average Bonchev–Trinajstić information content (AvgIpc) is 2.74. The van der Waals surface area contributed by atoms with E-state index in [0.717, 1.165) is 18.4 Å². The van der Waals surface area contributed by atoms with Crippen LogP contribution in [0.2, 0.25) is 5.02 Å². The van der Waals surface area contributed by atoms with Gasteiger partial charge in [0.1, 0.15) is 5.75 Å². The Balaban J connectivity index is 1.69. The second-order valence-corrected chi connectivity index (χ2v) is 11.6. The summed E-state index contributed by atoms with van der Waals surface area (Å²) in [4.78, 5) is 0.296. The Morgan fingerprint density at radius 1 is 1.06 bits per heavy atom. The highest BCUT2D eigenvalue weighted by atomic mass is 35.5. The summed E-state index contributed by atoms with van der Waals surface area (Å²) in [7, 11) is -5.96. The molecule has 1 unspecified atom stereocenters. The SMILES string of the molecule is COc1ccc(S(=O)(=O)NCCC2CCCCN2S(=O)(=O)c2ccc(C)cc2)cc1Cl. The van der Waals surface area contributed by atoms with Crippen LogP contribution < -0.4 is 9.46 Å². The molecule has 0 saturated carbocycles. The number of hydrogen-bond donors (Lipinski definition) is 1. The van der Waals surface area contributed by atoms with Gasteiger partial charge in [-0.15, -0.1) is 0 Å². The van der Waals surface area contributed by atoms with Crippen LogP contribution in [0.4, 0.5) is 0 Å². The fourth-order valence-electron chi connectivity index (χ4n) is 3.68. The van der Waals surface area contributed by atoms with Crippen molar-refractivity contribution in [3.63, 3.8) is 0 Å². The summed E-state index contributed by atoms with van der Waals surface area (Å²) in [5.74, 6) is 0.389. The molecule has 7 nitrogen and oxygen atoms in total. The first-order valence-corrected chi connectivity index (χ1v) is 13.4. The summed E-state index contributed by atoms with van der Waals surface area (Å²) >= 11 is 6.04. The third-order valence-electron chi connectivity index (χ3n) is 5.40. The topological polar surface area (TPSA) is 92.8 Å². The number of hydrogen-bond acceptors (Lipinski definition) is 5. The van der Waals surface area contributed by atoms with Crippen LogP contribution in [0.5, 0.6) is 5.75 Å². The van der Waals surface area contributed by atoms with Crippen molar-refractivity contribution in [1.82, 2.24) is 9.03 Å². The number of methoxy groups -OCH3 is 1. The standard InChI is InChI=1S/C21H27ClN2O5S2/c1-16-6-8-18(9-7-16)31(27,28)24-14-4-3-5-17(24)12-13-23-30(25,26)19-10-11-21(29-2)20(22)15-19/h6-11,15,17,23H,3-5,12-14H2,1-2H3. The highest BCUT2D eigenvalue weighted by Gasteiger charge is 2.33. The van der Waals surface area contributed by atoms with Crippen LogP contribution in [-0.2, 0) is 20.0 Å². The van der Waals surface area contributed by atoms with Crippen LogP contribution in [0.15, 0.2) is 52.3 Å². The number of nitrogens with one attached hydrogen (secondary N) is 1. The van der Waals surface area contributed by atoms with Crippen molar-refractivity contribution in [3.05, 3.63) is 53.1 Å². The van der Waals surface area contributed by atoms with E-state index in [1.165, 1.54) is 29.6 Å². The van der Waals surface area contributed by atoms with Crippen LogP contribution >= 0.6 is 11.6 Å². The Kier molecular flexibility index (Phi) is 7.64.